The van der Waals surface area contributed by atoms with Gasteiger partial charge in [-0.2, -0.15) is 5.10 Å². The highest BCUT2D eigenvalue weighted by atomic mass is 16.3. The third-order valence-electron chi connectivity index (χ3n) is 2.56. The van der Waals surface area contributed by atoms with E-state index in [0.717, 1.165) is 0 Å². The van der Waals surface area contributed by atoms with E-state index in [1.54, 1.807) is 18.1 Å². The summed E-state index contributed by atoms with van der Waals surface area (Å²) in [6.45, 7) is 0.401. The molecule has 2 rings (SSSR count). The van der Waals surface area contributed by atoms with Gasteiger partial charge < -0.3 is 16.2 Å². The Morgan fingerprint density at radius 1 is 1.53 bits per heavy atom. The van der Waals surface area contributed by atoms with Crippen LogP contribution in [0.2, 0.25) is 0 Å². The minimum absolute atomic E-state index is 0.00532. The molecule has 0 bridgehead atoms. The van der Waals surface area contributed by atoms with Gasteiger partial charge in [0.25, 0.3) is 5.91 Å². The Morgan fingerprint density at radius 2 is 2.32 bits per heavy atom. The molecule has 1 heterocycles. The Kier molecular flexibility index (Phi) is 3.65. The van der Waals surface area contributed by atoms with Gasteiger partial charge >= 0.3 is 0 Å². The van der Waals surface area contributed by atoms with Crippen LogP contribution in [0.4, 0.5) is 5.69 Å². The number of phenolic OH excluding ortho intramolecular Hbond substituents is 1. The number of benzene rings is 1. The van der Waals surface area contributed by atoms with Gasteiger partial charge in [-0.3, -0.25) is 9.48 Å². The number of anilines is 1. The number of aromatic hydroxyl groups is 1. The quantitative estimate of drug-likeness (QED) is 0.533. The van der Waals surface area contributed by atoms with Crippen LogP contribution in [-0.2, 0) is 13.5 Å². The van der Waals surface area contributed by atoms with Crippen molar-refractivity contribution in [2.45, 2.75) is 6.42 Å². The Morgan fingerprint density at radius 3 is 3.00 bits per heavy atom. The molecule has 0 saturated carbocycles. The highest BCUT2D eigenvalue weighted by Crippen LogP contribution is 2.18. The molecule has 1 aromatic heterocycles. The van der Waals surface area contributed by atoms with Crippen LogP contribution >= 0.6 is 0 Å². The second-order valence-electron chi connectivity index (χ2n) is 4.11. The van der Waals surface area contributed by atoms with Crippen LogP contribution in [0, 0.1) is 0 Å². The first kappa shape index (κ1) is 12.9. The molecule has 0 fully saturated rings. The summed E-state index contributed by atoms with van der Waals surface area (Å²) in [5, 5.41) is 16.1. The highest BCUT2D eigenvalue weighted by molar-refractivity contribution is 5.99. The molecule has 1 aromatic carbocycles. The first-order valence-corrected chi connectivity index (χ1v) is 5.77. The van der Waals surface area contributed by atoms with Crippen LogP contribution < -0.4 is 11.1 Å². The first-order valence-electron chi connectivity index (χ1n) is 5.77. The number of phenols is 1. The molecule has 4 N–H and O–H groups in total. The van der Waals surface area contributed by atoms with Crippen LogP contribution in [0.5, 0.6) is 5.75 Å². The molecule has 1 amide bonds. The molecule has 0 unspecified atom stereocenters. The number of aromatic nitrogens is 3. The molecule has 0 aliphatic heterocycles. The lowest BCUT2D eigenvalue weighted by Crippen LogP contribution is -2.26. The van der Waals surface area contributed by atoms with Gasteiger partial charge in [-0.05, 0) is 18.2 Å². The summed E-state index contributed by atoms with van der Waals surface area (Å²) < 4.78 is 1.60. The average molecular weight is 261 g/mol. The fraction of sp³-hybridized carbons (Fsp3) is 0.250. The second-order valence-corrected chi connectivity index (χ2v) is 4.11. The number of amides is 1. The van der Waals surface area contributed by atoms with E-state index in [-0.39, 0.29) is 17.2 Å². The van der Waals surface area contributed by atoms with Crippen LogP contribution in [-0.4, -0.2) is 32.3 Å². The molecule has 0 radical (unpaired) electrons. The van der Waals surface area contributed by atoms with E-state index in [9.17, 15) is 9.90 Å². The molecule has 0 aliphatic rings. The van der Waals surface area contributed by atoms with Crippen molar-refractivity contribution in [1.29, 1.82) is 0 Å². The lowest BCUT2D eigenvalue weighted by molar-refractivity contribution is 0.0954. The molecule has 0 atom stereocenters. The predicted octanol–water partition coefficient (Wildman–Crippen LogP) is 0.0754. The molecular formula is C12H15N5O2. The number of nitrogens with one attached hydrogen (secondary N) is 1. The number of carbonyl (C=O) groups excluding carboxylic acids is 1. The highest BCUT2D eigenvalue weighted by Gasteiger charge is 2.10. The van der Waals surface area contributed by atoms with E-state index in [2.05, 4.69) is 15.4 Å². The van der Waals surface area contributed by atoms with Crippen LogP contribution in [0.25, 0.3) is 0 Å². The Balaban J connectivity index is 1.92. The summed E-state index contributed by atoms with van der Waals surface area (Å²) in [5.74, 6) is 0.335. The van der Waals surface area contributed by atoms with Crippen molar-refractivity contribution in [3.63, 3.8) is 0 Å². The number of hydrogen-bond donors (Lipinski definition) is 3. The zero-order valence-electron chi connectivity index (χ0n) is 10.5. The molecule has 0 aliphatic carbocycles. The number of nitrogens with zero attached hydrogens (tertiary/aromatic N) is 3. The number of nitrogen functional groups attached to an aromatic ring is 1. The molecule has 0 spiro atoms. The standard InChI is InChI=1S/C12H15N5O2/c1-17-7-15-11(16-17)4-5-14-12(19)9-6-8(18)2-3-10(9)13/h2-3,6-7,18H,4-5,13H2,1H3,(H,14,19). The largest absolute Gasteiger partial charge is 0.508 e. The van der Waals surface area contributed by atoms with Crippen molar-refractivity contribution < 1.29 is 9.90 Å². The number of rotatable bonds is 4. The summed E-state index contributed by atoms with van der Waals surface area (Å²) in [6.07, 6.45) is 2.13. The zero-order valence-corrected chi connectivity index (χ0v) is 10.5. The zero-order chi connectivity index (χ0) is 13.8. The second kappa shape index (κ2) is 5.38. The van der Waals surface area contributed by atoms with Gasteiger partial charge in [0.15, 0.2) is 5.82 Å². The van der Waals surface area contributed by atoms with Gasteiger partial charge in [0.1, 0.15) is 12.1 Å². The van der Waals surface area contributed by atoms with Crippen molar-refractivity contribution in [2.75, 3.05) is 12.3 Å². The Labute approximate surface area is 110 Å². The summed E-state index contributed by atoms with van der Waals surface area (Å²) >= 11 is 0. The van der Waals surface area contributed by atoms with Gasteiger partial charge in [0.2, 0.25) is 0 Å². The number of nitrogens with two attached hydrogens (primary N) is 1. The Bertz CT molecular complexity index is 594. The van der Waals surface area contributed by atoms with E-state index in [4.69, 9.17) is 5.73 Å². The van der Waals surface area contributed by atoms with Crippen molar-refractivity contribution >= 4 is 11.6 Å². The van der Waals surface area contributed by atoms with Crippen molar-refractivity contribution in [1.82, 2.24) is 20.1 Å². The molecule has 19 heavy (non-hydrogen) atoms. The number of aryl methyl sites for hydroxylation is 1. The number of carbonyl (C=O) groups is 1. The minimum atomic E-state index is -0.329. The van der Waals surface area contributed by atoms with E-state index < -0.39 is 0 Å². The van der Waals surface area contributed by atoms with Crippen LogP contribution in [0.1, 0.15) is 16.2 Å². The molecule has 0 saturated heterocycles. The van der Waals surface area contributed by atoms with E-state index in [0.29, 0.717) is 24.5 Å². The van der Waals surface area contributed by atoms with Gasteiger partial charge in [-0.15, -0.1) is 0 Å². The molecule has 100 valence electrons. The molecular weight excluding hydrogens is 246 g/mol. The normalized spacial score (nSPS) is 10.4. The number of hydrogen-bond acceptors (Lipinski definition) is 5. The summed E-state index contributed by atoms with van der Waals surface area (Å²) in [6, 6.07) is 4.26. The maximum absolute atomic E-state index is 11.9. The molecule has 2 aromatic rings. The first-order chi connectivity index (χ1) is 9.06. The van der Waals surface area contributed by atoms with E-state index in [1.807, 2.05) is 0 Å². The fourth-order valence-corrected chi connectivity index (χ4v) is 1.62. The summed E-state index contributed by atoms with van der Waals surface area (Å²) in [5.41, 5.74) is 6.26. The Hall–Kier alpha value is -2.57. The van der Waals surface area contributed by atoms with E-state index >= 15 is 0 Å². The predicted molar refractivity (Wildman–Crippen MR) is 69.6 cm³/mol. The van der Waals surface area contributed by atoms with Crippen molar-refractivity contribution in [3.8, 4) is 5.75 Å². The maximum atomic E-state index is 11.9. The average Bonchev–Trinajstić information content (AvgIpc) is 2.78. The summed E-state index contributed by atoms with van der Waals surface area (Å²) in [7, 11) is 1.78. The summed E-state index contributed by atoms with van der Waals surface area (Å²) in [4.78, 5) is 15.9. The lowest BCUT2D eigenvalue weighted by Gasteiger charge is -2.07. The fourth-order valence-electron chi connectivity index (χ4n) is 1.62. The maximum Gasteiger partial charge on any atom is 0.253 e. The molecule has 7 heteroatoms. The smallest absolute Gasteiger partial charge is 0.253 e. The topological polar surface area (TPSA) is 106 Å². The third-order valence-corrected chi connectivity index (χ3v) is 2.56. The van der Waals surface area contributed by atoms with Crippen LogP contribution in [0.3, 0.4) is 0 Å². The van der Waals surface area contributed by atoms with Crippen molar-refractivity contribution in [2.24, 2.45) is 7.05 Å². The SMILES string of the molecule is Cn1cnc(CCNC(=O)c2cc(O)ccc2N)n1. The monoisotopic (exact) mass is 261 g/mol. The third kappa shape index (κ3) is 3.21. The van der Waals surface area contributed by atoms with Gasteiger partial charge in [0, 0.05) is 25.7 Å². The van der Waals surface area contributed by atoms with E-state index in [1.165, 1.54) is 18.2 Å². The van der Waals surface area contributed by atoms with Crippen molar-refractivity contribution in [3.05, 3.63) is 35.9 Å². The minimum Gasteiger partial charge on any atom is -0.508 e. The van der Waals surface area contributed by atoms with Gasteiger partial charge in [0.05, 0.1) is 5.56 Å². The van der Waals surface area contributed by atoms with Gasteiger partial charge in [-0.1, -0.05) is 0 Å². The molecule has 7 nitrogen and oxygen atoms in total. The van der Waals surface area contributed by atoms with Gasteiger partial charge in [-0.25, -0.2) is 4.98 Å². The lowest BCUT2D eigenvalue weighted by atomic mass is 10.1. The van der Waals surface area contributed by atoms with Crippen LogP contribution in [0.15, 0.2) is 24.5 Å².